The number of aryl methyl sites for hydroxylation is 2. The van der Waals surface area contributed by atoms with Crippen molar-refractivity contribution in [2.75, 3.05) is 6.54 Å². The summed E-state index contributed by atoms with van der Waals surface area (Å²) in [5.74, 6) is 1.00. The smallest absolute Gasteiger partial charge is 0.131 e. The Morgan fingerprint density at radius 2 is 2.21 bits per heavy atom. The van der Waals surface area contributed by atoms with Gasteiger partial charge in [-0.1, -0.05) is 13.8 Å². The number of nitrogens with one attached hydrogen (secondary N) is 1. The second-order valence-electron chi connectivity index (χ2n) is 4.49. The van der Waals surface area contributed by atoms with Crippen molar-refractivity contribution >= 4 is 15.9 Å². The minimum Gasteiger partial charge on any atom is -0.336 e. The number of hydrogen-bond donors (Lipinski definition) is 1. The van der Waals surface area contributed by atoms with Crippen LogP contribution in [-0.2, 0) is 13.6 Å². The van der Waals surface area contributed by atoms with E-state index < -0.39 is 0 Å². The summed E-state index contributed by atoms with van der Waals surface area (Å²) in [4.78, 5) is 4.47. The van der Waals surface area contributed by atoms with Crippen molar-refractivity contribution in [2.24, 2.45) is 7.05 Å². The number of aromatic nitrogens is 4. The van der Waals surface area contributed by atoms with Gasteiger partial charge in [-0.15, -0.1) is 0 Å². The Bertz CT molecular complexity index is 531. The largest absolute Gasteiger partial charge is 0.336 e. The molecule has 1 unspecified atom stereocenters. The summed E-state index contributed by atoms with van der Waals surface area (Å²) in [6, 6.07) is 0.0495. The van der Waals surface area contributed by atoms with Gasteiger partial charge in [0, 0.05) is 26.0 Å². The average Bonchev–Trinajstić information content (AvgIpc) is 2.95. The molecule has 0 radical (unpaired) electrons. The molecule has 2 aromatic rings. The molecule has 0 aliphatic carbocycles. The van der Waals surface area contributed by atoms with Crippen LogP contribution in [0.5, 0.6) is 0 Å². The first-order valence-corrected chi connectivity index (χ1v) is 7.40. The zero-order valence-electron chi connectivity index (χ0n) is 11.6. The summed E-state index contributed by atoms with van der Waals surface area (Å²) in [5, 5.41) is 7.93. The number of halogens is 1. The second-order valence-corrected chi connectivity index (χ2v) is 5.34. The maximum atomic E-state index is 4.47. The van der Waals surface area contributed by atoms with Crippen LogP contribution in [-0.4, -0.2) is 25.9 Å². The van der Waals surface area contributed by atoms with E-state index in [1.54, 1.807) is 0 Å². The van der Waals surface area contributed by atoms with Crippen LogP contribution in [0.3, 0.4) is 0 Å². The van der Waals surface area contributed by atoms with Crippen molar-refractivity contribution in [3.8, 4) is 0 Å². The lowest BCUT2D eigenvalue weighted by Crippen LogP contribution is -2.27. The Balaban J connectivity index is 2.44. The van der Waals surface area contributed by atoms with Crippen molar-refractivity contribution in [1.82, 2.24) is 24.6 Å². The average molecular weight is 326 g/mol. The van der Waals surface area contributed by atoms with Crippen LogP contribution in [0.15, 0.2) is 23.1 Å². The Morgan fingerprint density at radius 3 is 2.79 bits per heavy atom. The first-order valence-electron chi connectivity index (χ1n) is 6.60. The molecule has 6 heteroatoms. The van der Waals surface area contributed by atoms with Gasteiger partial charge >= 0.3 is 0 Å². The molecule has 0 fully saturated rings. The topological polar surface area (TPSA) is 47.7 Å². The van der Waals surface area contributed by atoms with Gasteiger partial charge in [-0.2, -0.15) is 5.10 Å². The molecule has 2 rings (SSSR count). The fraction of sp³-hybridized carbons (Fsp3) is 0.538. The quantitative estimate of drug-likeness (QED) is 0.887. The SMILES string of the molecule is CCCn1ncc(Br)c1C(NCC)c1nccn1C. The third kappa shape index (κ3) is 2.90. The van der Waals surface area contributed by atoms with E-state index in [2.05, 4.69) is 45.2 Å². The Morgan fingerprint density at radius 1 is 1.42 bits per heavy atom. The molecule has 2 aromatic heterocycles. The van der Waals surface area contributed by atoms with Crippen LogP contribution in [0.1, 0.15) is 37.8 Å². The lowest BCUT2D eigenvalue weighted by molar-refractivity contribution is 0.497. The van der Waals surface area contributed by atoms with Gasteiger partial charge in [-0.3, -0.25) is 4.68 Å². The predicted octanol–water partition coefficient (Wildman–Crippen LogP) is 2.49. The van der Waals surface area contributed by atoms with E-state index in [1.165, 1.54) is 0 Å². The maximum absolute atomic E-state index is 4.47. The zero-order chi connectivity index (χ0) is 13.8. The van der Waals surface area contributed by atoms with Gasteiger partial charge in [0.1, 0.15) is 11.9 Å². The molecule has 0 aromatic carbocycles. The maximum Gasteiger partial charge on any atom is 0.131 e. The van der Waals surface area contributed by atoms with Gasteiger partial charge in [0.05, 0.1) is 16.4 Å². The van der Waals surface area contributed by atoms with Crippen molar-refractivity contribution in [1.29, 1.82) is 0 Å². The van der Waals surface area contributed by atoms with Crippen LogP contribution >= 0.6 is 15.9 Å². The first kappa shape index (κ1) is 14.3. The van der Waals surface area contributed by atoms with Gasteiger partial charge in [0.25, 0.3) is 0 Å². The Labute approximate surface area is 122 Å². The van der Waals surface area contributed by atoms with E-state index in [0.29, 0.717) is 0 Å². The number of hydrogen-bond acceptors (Lipinski definition) is 3. The van der Waals surface area contributed by atoms with E-state index in [4.69, 9.17) is 0 Å². The van der Waals surface area contributed by atoms with Gasteiger partial charge in [-0.05, 0) is 28.9 Å². The minimum absolute atomic E-state index is 0.0495. The molecule has 5 nitrogen and oxygen atoms in total. The fourth-order valence-electron chi connectivity index (χ4n) is 2.22. The highest BCUT2D eigenvalue weighted by atomic mass is 79.9. The monoisotopic (exact) mass is 325 g/mol. The molecular formula is C13H20BrN5. The third-order valence-corrected chi connectivity index (χ3v) is 3.68. The van der Waals surface area contributed by atoms with Crippen LogP contribution in [0.25, 0.3) is 0 Å². The van der Waals surface area contributed by atoms with E-state index in [0.717, 1.165) is 35.5 Å². The molecule has 0 spiro atoms. The molecule has 0 saturated carbocycles. The number of rotatable bonds is 6. The molecule has 19 heavy (non-hydrogen) atoms. The van der Waals surface area contributed by atoms with E-state index in [9.17, 15) is 0 Å². The summed E-state index contributed by atoms with van der Waals surface area (Å²) in [6.45, 7) is 6.04. The minimum atomic E-state index is 0.0495. The second kappa shape index (κ2) is 6.34. The van der Waals surface area contributed by atoms with Gasteiger partial charge in [0.2, 0.25) is 0 Å². The molecule has 0 saturated heterocycles. The van der Waals surface area contributed by atoms with Crippen molar-refractivity contribution in [3.05, 3.63) is 34.6 Å². The summed E-state index contributed by atoms with van der Waals surface area (Å²) >= 11 is 3.61. The predicted molar refractivity (Wildman–Crippen MR) is 78.9 cm³/mol. The zero-order valence-corrected chi connectivity index (χ0v) is 13.2. The van der Waals surface area contributed by atoms with Crippen LogP contribution in [0, 0.1) is 0 Å². The summed E-state index contributed by atoms with van der Waals surface area (Å²) in [7, 11) is 2.01. The van der Waals surface area contributed by atoms with Gasteiger partial charge in [0.15, 0.2) is 0 Å². The Kier molecular flexibility index (Phi) is 4.76. The molecule has 0 amide bonds. The molecule has 2 heterocycles. The highest BCUT2D eigenvalue weighted by molar-refractivity contribution is 9.10. The summed E-state index contributed by atoms with van der Waals surface area (Å²) < 4.78 is 5.12. The highest BCUT2D eigenvalue weighted by Gasteiger charge is 2.24. The van der Waals surface area contributed by atoms with Crippen LogP contribution in [0.2, 0.25) is 0 Å². The van der Waals surface area contributed by atoms with Crippen molar-refractivity contribution < 1.29 is 0 Å². The first-order chi connectivity index (χ1) is 9.19. The molecule has 0 bridgehead atoms. The standard InChI is InChI=1S/C13H20BrN5/c1-4-7-19-12(10(14)9-17-19)11(15-5-2)13-16-6-8-18(13)3/h6,8-9,11,15H,4-5,7H2,1-3H3. The number of imidazole rings is 1. The van der Waals surface area contributed by atoms with E-state index >= 15 is 0 Å². The number of nitrogens with zero attached hydrogens (tertiary/aromatic N) is 4. The normalized spacial score (nSPS) is 12.8. The van der Waals surface area contributed by atoms with Crippen LogP contribution in [0.4, 0.5) is 0 Å². The highest BCUT2D eigenvalue weighted by Crippen LogP contribution is 2.27. The van der Waals surface area contributed by atoms with Crippen molar-refractivity contribution in [2.45, 2.75) is 32.9 Å². The molecular weight excluding hydrogens is 306 g/mol. The fourth-order valence-corrected chi connectivity index (χ4v) is 2.74. The molecule has 0 aliphatic rings. The molecule has 104 valence electrons. The summed E-state index contributed by atoms with van der Waals surface area (Å²) in [5.41, 5.74) is 1.14. The van der Waals surface area contributed by atoms with E-state index in [-0.39, 0.29) is 6.04 Å². The Hall–Kier alpha value is -1.14. The van der Waals surface area contributed by atoms with Gasteiger partial charge < -0.3 is 9.88 Å². The van der Waals surface area contributed by atoms with Crippen LogP contribution < -0.4 is 5.32 Å². The molecule has 1 N–H and O–H groups in total. The van der Waals surface area contributed by atoms with E-state index in [1.807, 2.05) is 34.9 Å². The van der Waals surface area contributed by atoms with Gasteiger partial charge in [-0.25, -0.2) is 4.98 Å². The van der Waals surface area contributed by atoms with Crippen molar-refractivity contribution in [3.63, 3.8) is 0 Å². The third-order valence-electron chi connectivity index (χ3n) is 3.07. The summed E-state index contributed by atoms with van der Waals surface area (Å²) in [6.07, 6.45) is 6.71. The molecule has 1 atom stereocenters. The lowest BCUT2D eigenvalue weighted by Gasteiger charge is -2.20. The lowest BCUT2D eigenvalue weighted by atomic mass is 10.2. The molecule has 0 aliphatic heterocycles.